The van der Waals surface area contributed by atoms with E-state index in [1.807, 2.05) is 5.32 Å². The Labute approximate surface area is 110 Å². The molecule has 0 aliphatic carbocycles. The Hall–Kier alpha value is -1.84. The van der Waals surface area contributed by atoms with Crippen molar-refractivity contribution in [2.24, 2.45) is 0 Å². The summed E-state index contributed by atoms with van der Waals surface area (Å²) in [6.07, 6.45) is 0.697. The van der Waals surface area contributed by atoms with Gasteiger partial charge in [0.1, 0.15) is 22.4 Å². The molecule has 0 aliphatic rings. The fraction of sp³-hybridized carbons (Fsp3) is 0.667. The Morgan fingerprint density at radius 2 is 1.89 bits per heavy atom. The van der Waals surface area contributed by atoms with Crippen LogP contribution in [0.3, 0.4) is 0 Å². The smallest absolute Gasteiger partial charge is 0.326 e. The normalized spacial score (nSPS) is 12.3. The van der Waals surface area contributed by atoms with Crippen molar-refractivity contribution in [3.63, 3.8) is 0 Å². The first-order valence-corrected chi connectivity index (χ1v) is 7.23. The second kappa shape index (κ2) is 7.56. The van der Waals surface area contributed by atoms with Crippen molar-refractivity contribution >= 4 is 27.8 Å². The van der Waals surface area contributed by atoms with Crippen molar-refractivity contribution in [1.29, 1.82) is 0 Å². The van der Waals surface area contributed by atoms with Crippen molar-refractivity contribution in [2.75, 3.05) is 25.7 Å². The van der Waals surface area contributed by atoms with E-state index in [-0.39, 0.29) is 12.2 Å². The second-order valence-electron chi connectivity index (χ2n) is 3.71. The summed E-state index contributed by atoms with van der Waals surface area (Å²) in [5.74, 6) is -2.43. The average molecular weight is 296 g/mol. The Balaban J connectivity index is 4.31. The third-order valence-corrected chi connectivity index (χ3v) is 2.98. The number of ether oxygens (including phenoxy) is 1. The van der Waals surface area contributed by atoms with Gasteiger partial charge in [0.15, 0.2) is 0 Å². The van der Waals surface area contributed by atoms with Gasteiger partial charge >= 0.3 is 18.0 Å². The van der Waals surface area contributed by atoms with Crippen LogP contribution >= 0.6 is 0 Å². The summed E-state index contributed by atoms with van der Waals surface area (Å²) in [7, 11) is -2.19. The second-order valence-corrected chi connectivity index (χ2v) is 5.97. The number of amides is 2. The predicted octanol–water partition coefficient (Wildman–Crippen LogP) is -1.65. The molecule has 110 valence electrons. The minimum Gasteiger partial charge on any atom is -0.480 e. The van der Waals surface area contributed by atoms with Crippen LogP contribution in [0.25, 0.3) is 0 Å². The lowest BCUT2D eigenvalue weighted by Crippen LogP contribution is -2.47. The largest absolute Gasteiger partial charge is 0.480 e. The van der Waals surface area contributed by atoms with Crippen molar-refractivity contribution in [2.45, 2.75) is 12.5 Å². The van der Waals surface area contributed by atoms with E-state index in [1.165, 1.54) is 0 Å². The van der Waals surface area contributed by atoms with Gasteiger partial charge in [-0.25, -0.2) is 18.0 Å². The zero-order valence-corrected chi connectivity index (χ0v) is 11.3. The third kappa shape index (κ3) is 8.83. The molecular formula is C9H16N2O7S. The highest BCUT2D eigenvalue weighted by Crippen LogP contribution is 1.97. The highest BCUT2D eigenvalue weighted by molar-refractivity contribution is 7.90. The Morgan fingerprint density at radius 3 is 2.32 bits per heavy atom. The summed E-state index contributed by atoms with van der Waals surface area (Å²) < 4.78 is 26.1. The lowest BCUT2D eigenvalue weighted by molar-refractivity contribution is -0.139. The molecule has 19 heavy (non-hydrogen) atoms. The zero-order valence-electron chi connectivity index (χ0n) is 10.5. The molecule has 9 nitrogen and oxygen atoms in total. The molecule has 3 N–H and O–H groups in total. The Morgan fingerprint density at radius 1 is 1.32 bits per heavy atom. The maximum atomic E-state index is 11.3. The number of esters is 1. The van der Waals surface area contributed by atoms with E-state index in [0.29, 0.717) is 0 Å². The van der Waals surface area contributed by atoms with E-state index >= 15 is 0 Å². The number of hydrogen-bond acceptors (Lipinski definition) is 6. The van der Waals surface area contributed by atoms with Crippen molar-refractivity contribution in [3.05, 3.63) is 0 Å². The van der Waals surface area contributed by atoms with Gasteiger partial charge in [0.2, 0.25) is 0 Å². The van der Waals surface area contributed by atoms with Gasteiger partial charge in [-0.1, -0.05) is 0 Å². The van der Waals surface area contributed by atoms with E-state index in [4.69, 9.17) is 5.11 Å². The monoisotopic (exact) mass is 296 g/mol. The van der Waals surface area contributed by atoms with Crippen molar-refractivity contribution < 1.29 is 32.6 Å². The number of urea groups is 1. The first-order valence-electron chi connectivity index (χ1n) is 5.17. The fourth-order valence-electron chi connectivity index (χ4n) is 1.02. The van der Waals surface area contributed by atoms with Gasteiger partial charge < -0.3 is 20.5 Å². The molecule has 0 bridgehead atoms. The molecular weight excluding hydrogens is 280 g/mol. The van der Waals surface area contributed by atoms with Gasteiger partial charge in [-0.2, -0.15) is 0 Å². The summed E-state index contributed by atoms with van der Waals surface area (Å²) in [5.41, 5.74) is 0. The van der Waals surface area contributed by atoms with Crippen LogP contribution in [-0.2, 0) is 24.2 Å². The predicted molar refractivity (Wildman–Crippen MR) is 64.3 cm³/mol. The summed E-state index contributed by atoms with van der Waals surface area (Å²) in [4.78, 5) is 32.8. The fourth-order valence-corrected chi connectivity index (χ4v) is 1.69. The maximum Gasteiger partial charge on any atom is 0.326 e. The summed E-state index contributed by atoms with van der Waals surface area (Å²) in [5, 5.41) is 12.9. The van der Waals surface area contributed by atoms with Gasteiger partial charge in [0, 0.05) is 6.26 Å². The van der Waals surface area contributed by atoms with Crippen molar-refractivity contribution in [3.8, 4) is 0 Å². The topological polar surface area (TPSA) is 139 Å². The quantitative estimate of drug-likeness (QED) is 0.478. The standard InChI is InChI=1S/C9H16N2O7S/c1-18-7(12)5-10-9(15)11-6(8(13)14)3-4-19(2,16)17/h6H,3-5H2,1-2H3,(H,13,14)(H2,10,11,15). The van der Waals surface area contributed by atoms with Crippen LogP contribution in [0.4, 0.5) is 4.79 Å². The number of carbonyl (C=O) groups is 3. The van der Waals surface area contributed by atoms with E-state index in [2.05, 4.69) is 10.1 Å². The molecule has 0 heterocycles. The van der Waals surface area contributed by atoms with E-state index in [1.54, 1.807) is 0 Å². The van der Waals surface area contributed by atoms with Crippen LogP contribution in [0.5, 0.6) is 0 Å². The van der Waals surface area contributed by atoms with Crippen LogP contribution in [0.15, 0.2) is 0 Å². The third-order valence-electron chi connectivity index (χ3n) is 2.00. The van der Waals surface area contributed by atoms with Crippen LogP contribution in [0.1, 0.15) is 6.42 Å². The van der Waals surface area contributed by atoms with E-state index in [0.717, 1.165) is 13.4 Å². The summed E-state index contributed by atoms with van der Waals surface area (Å²) in [6.45, 7) is -0.416. The van der Waals surface area contributed by atoms with Crippen LogP contribution in [0.2, 0.25) is 0 Å². The number of carboxylic acid groups (broad SMARTS) is 1. The van der Waals surface area contributed by atoms with Gasteiger partial charge in [0.25, 0.3) is 0 Å². The lowest BCUT2D eigenvalue weighted by Gasteiger charge is -2.14. The SMILES string of the molecule is COC(=O)CNC(=O)NC(CCS(C)(=O)=O)C(=O)O. The molecule has 2 amide bonds. The Kier molecular flexibility index (Phi) is 6.83. The molecule has 1 atom stereocenters. The highest BCUT2D eigenvalue weighted by Gasteiger charge is 2.21. The minimum atomic E-state index is -3.33. The molecule has 0 radical (unpaired) electrons. The van der Waals surface area contributed by atoms with Crippen molar-refractivity contribution in [1.82, 2.24) is 10.6 Å². The summed E-state index contributed by atoms with van der Waals surface area (Å²) in [6, 6.07) is -2.25. The van der Waals surface area contributed by atoms with Crippen LogP contribution in [-0.4, -0.2) is 63.2 Å². The number of nitrogens with one attached hydrogen (secondary N) is 2. The molecule has 0 aromatic rings. The lowest BCUT2D eigenvalue weighted by atomic mass is 10.2. The highest BCUT2D eigenvalue weighted by atomic mass is 32.2. The average Bonchev–Trinajstić information content (AvgIpc) is 2.29. The molecule has 0 saturated heterocycles. The first kappa shape index (κ1) is 17.2. The molecule has 1 unspecified atom stereocenters. The molecule has 0 spiro atoms. The minimum absolute atomic E-state index is 0.264. The molecule has 0 aromatic heterocycles. The maximum absolute atomic E-state index is 11.3. The molecule has 0 saturated carbocycles. The zero-order chi connectivity index (χ0) is 15.1. The van der Waals surface area contributed by atoms with Crippen LogP contribution in [0, 0.1) is 0 Å². The number of rotatable bonds is 7. The Bertz CT molecular complexity index is 445. The number of aliphatic carboxylic acids is 1. The number of hydrogen-bond donors (Lipinski definition) is 3. The molecule has 0 fully saturated rings. The number of carbonyl (C=O) groups excluding carboxylic acids is 2. The van der Waals surface area contributed by atoms with Crippen LogP contribution < -0.4 is 10.6 Å². The van der Waals surface area contributed by atoms with Gasteiger partial charge in [-0.3, -0.25) is 4.79 Å². The molecule has 10 heteroatoms. The summed E-state index contributed by atoms with van der Waals surface area (Å²) >= 11 is 0. The van der Waals surface area contributed by atoms with Gasteiger partial charge in [0.05, 0.1) is 12.9 Å². The number of carboxylic acids is 1. The number of sulfone groups is 1. The van der Waals surface area contributed by atoms with E-state index < -0.39 is 40.4 Å². The van der Waals surface area contributed by atoms with Gasteiger partial charge in [-0.05, 0) is 6.42 Å². The molecule has 0 aliphatic heterocycles. The number of methoxy groups -OCH3 is 1. The first-order chi connectivity index (χ1) is 8.65. The van der Waals surface area contributed by atoms with E-state index in [9.17, 15) is 22.8 Å². The van der Waals surface area contributed by atoms with Gasteiger partial charge in [-0.15, -0.1) is 0 Å². The molecule has 0 rings (SSSR count). The molecule has 0 aromatic carbocycles.